The second-order valence-corrected chi connectivity index (χ2v) is 7.55. The van der Waals surface area contributed by atoms with E-state index >= 15 is 0 Å². The molecule has 2 N–H and O–H groups in total. The Labute approximate surface area is 148 Å². The van der Waals surface area contributed by atoms with Gasteiger partial charge in [0, 0.05) is 31.7 Å². The molecular formula is C19H27N5O. The minimum Gasteiger partial charge on any atom is -0.364 e. The van der Waals surface area contributed by atoms with Crippen molar-refractivity contribution in [3.05, 3.63) is 41.7 Å². The van der Waals surface area contributed by atoms with Crippen LogP contribution in [0.5, 0.6) is 0 Å². The highest BCUT2D eigenvalue weighted by molar-refractivity contribution is 5.95. The molecule has 2 atom stereocenters. The molecule has 2 aromatic rings. The van der Waals surface area contributed by atoms with Gasteiger partial charge in [-0.25, -0.2) is 4.98 Å². The number of carbonyl (C=O) groups is 1. The number of amides is 1. The highest BCUT2D eigenvalue weighted by Crippen LogP contribution is 2.40. The molecule has 2 aliphatic rings. The summed E-state index contributed by atoms with van der Waals surface area (Å²) in [5.41, 5.74) is 3.16. The van der Waals surface area contributed by atoms with E-state index in [9.17, 15) is 4.79 Å². The maximum absolute atomic E-state index is 12.7. The predicted molar refractivity (Wildman–Crippen MR) is 96.4 cm³/mol. The van der Waals surface area contributed by atoms with Gasteiger partial charge >= 0.3 is 0 Å². The van der Waals surface area contributed by atoms with Crippen LogP contribution in [0, 0.1) is 5.92 Å². The van der Waals surface area contributed by atoms with E-state index in [1.807, 2.05) is 31.8 Å². The third-order valence-electron chi connectivity index (χ3n) is 5.70. The number of carbonyl (C=O) groups excluding carboxylic acids is 1. The number of H-pyrrole nitrogens is 1. The van der Waals surface area contributed by atoms with Crippen molar-refractivity contribution in [2.75, 3.05) is 20.1 Å². The van der Waals surface area contributed by atoms with E-state index in [1.54, 1.807) is 0 Å². The van der Waals surface area contributed by atoms with Crippen LogP contribution in [0.2, 0.25) is 0 Å². The number of piperidine rings is 1. The minimum atomic E-state index is 0.0557. The molecule has 0 bridgehead atoms. The van der Waals surface area contributed by atoms with Crippen LogP contribution in [0.15, 0.2) is 24.8 Å². The summed E-state index contributed by atoms with van der Waals surface area (Å²) in [6.07, 6.45) is 10.4. The molecule has 6 nitrogen and oxygen atoms in total. The Hall–Kier alpha value is -2.08. The van der Waals surface area contributed by atoms with Crippen molar-refractivity contribution in [2.24, 2.45) is 13.0 Å². The van der Waals surface area contributed by atoms with Crippen molar-refractivity contribution in [3.8, 4) is 0 Å². The quantitative estimate of drug-likeness (QED) is 0.878. The number of aryl methyl sites for hydroxylation is 1. The fourth-order valence-electron chi connectivity index (χ4n) is 4.20. The second-order valence-electron chi connectivity index (χ2n) is 7.55. The molecule has 1 amide bonds. The number of nitrogens with zero attached hydrogens (tertiary/aromatic N) is 3. The van der Waals surface area contributed by atoms with E-state index in [0.29, 0.717) is 24.4 Å². The van der Waals surface area contributed by atoms with Crippen LogP contribution < -0.4 is 5.32 Å². The number of aromatic amines is 1. The highest BCUT2D eigenvalue weighted by atomic mass is 16.1. The SMILES string of the molecule is CN1CCC[C@@H](CNC(=O)c2cc[nH]c2C2CC2)[C@@H]1c1cncn1C. The van der Waals surface area contributed by atoms with Crippen LogP contribution in [0.25, 0.3) is 0 Å². The normalized spacial score (nSPS) is 24.4. The van der Waals surface area contributed by atoms with E-state index < -0.39 is 0 Å². The number of hydrogen-bond donors (Lipinski definition) is 2. The van der Waals surface area contributed by atoms with Crippen molar-refractivity contribution in [1.82, 2.24) is 24.8 Å². The molecule has 25 heavy (non-hydrogen) atoms. The van der Waals surface area contributed by atoms with Gasteiger partial charge < -0.3 is 14.9 Å². The Morgan fingerprint density at radius 1 is 1.36 bits per heavy atom. The molecular weight excluding hydrogens is 314 g/mol. The summed E-state index contributed by atoms with van der Waals surface area (Å²) in [5.74, 6) is 1.01. The third-order valence-corrected chi connectivity index (χ3v) is 5.70. The van der Waals surface area contributed by atoms with Crippen molar-refractivity contribution in [3.63, 3.8) is 0 Å². The number of likely N-dealkylation sites (tertiary alicyclic amines) is 1. The van der Waals surface area contributed by atoms with Gasteiger partial charge in [0.2, 0.25) is 0 Å². The fraction of sp³-hybridized carbons (Fsp3) is 0.579. The average Bonchev–Trinajstić information content (AvgIpc) is 3.17. The van der Waals surface area contributed by atoms with Gasteiger partial charge in [0.15, 0.2) is 0 Å². The lowest BCUT2D eigenvalue weighted by atomic mass is 9.87. The van der Waals surface area contributed by atoms with E-state index in [0.717, 1.165) is 24.2 Å². The molecule has 1 aliphatic carbocycles. The Balaban J connectivity index is 1.46. The number of rotatable bonds is 5. The average molecular weight is 341 g/mol. The number of aromatic nitrogens is 3. The zero-order chi connectivity index (χ0) is 17.4. The Morgan fingerprint density at radius 2 is 2.20 bits per heavy atom. The predicted octanol–water partition coefficient (Wildman–Crippen LogP) is 2.44. The number of imidazole rings is 1. The number of nitrogens with one attached hydrogen (secondary N) is 2. The van der Waals surface area contributed by atoms with Gasteiger partial charge in [0.25, 0.3) is 5.91 Å². The summed E-state index contributed by atoms with van der Waals surface area (Å²) in [4.78, 5) is 22.6. The molecule has 0 unspecified atom stereocenters. The lowest BCUT2D eigenvalue weighted by Crippen LogP contribution is -2.42. The van der Waals surface area contributed by atoms with E-state index in [2.05, 4.69) is 31.8 Å². The molecule has 3 heterocycles. The summed E-state index contributed by atoms with van der Waals surface area (Å²) in [6.45, 7) is 1.79. The second kappa shape index (κ2) is 6.67. The van der Waals surface area contributed by atoms with Gasteiger partial charge in [-0.15, -0.1) is 0 Å². The molecule has 0 spiro atoms. The molecule has 2 fully saturated rings. The number of hydrogen-bond acceptors (Lipinski definition) is 3. The van der Waals surface area contributed by atoms with Gasteiger partial charge in [-0.1, -0.05) is 0 Å². The summed E-state index contributed by atoms with van der Waals surface area (Å²) in [6, 6.07) is 2.21. The first kappa shape index (κ1) is 16.4. The van der Waals surface area contributed by atoms with Crippen molar-refractivity contribution >= 4 is 5.91 Å². The van der Waals surface area contributed by atoms with E-state index in [1.165, 1.54) is 25.0 Å². The molecule has 1 aliphatic heterocycles. The van der Waals surface area contributed by atoms with Crippen molar-refractivity contribution in [1.29, 1.82) is 0 Å². The lowest BCUT2D eigenvalue weighted by Gasteiger charge is -2.39. The van der Waals surface area contributed by atoms with Crippen molar-refractivity contribution in [2.45, 2.75) is 37.6 Å². The summed E-state index contributed by atoms with van der Waals surface area (Å²) >= 11 is 0. The van der Waals surface area contributed by atoms with Gasteiger partial charge in [-0.05, 0) is 57.2 Å². The zero-order valence-corrected chi connectivity index (χ0v) is 15.0. The maximum atomic E-state index is 12.7. The molecule has 1 saturated carbocycles. The van der Waals surface area contributed by atoms with Crippen LogP contribution in [0.4, 0.5) is 0 Å². The van der Waals surface area contributed by atoms with Gasteiger partial charge in [-0.2, -0.15) is 0 Å². The highest BCUT2D eigenvalue weighted by Gasteiger charge is 2.33. The first-order valence-electron chi connectivity index (χ1n) is 9.27. The van der Waals surface area contributed by atoms with Crippen LogP contribution in [0.1, 0.15) is 59.4 Å². The van der Waals surface area contributed by atoms with Gasteiger partial charge in [0.05, 0.1) is 23.6 Å². The largest absolute Gasteiger partial charge is 0.364 e. The molecule has 134 valence electrons. The zero-order valence-electron chi connectivity index (χ0n) is 15.0. The first-order valence-corrected chi connectivity index (χ1v) is 9.27. The van der Waals surface area contributed by atoms with Crippen LogP contribution in [0.3, 0.4) is 0 Å². The van der Waals surface area contributed by atoms with E-state index in [-0.39, 0.29) is 5.91 Å². The molecule has 4 rings (SSSR count). The van der Waals surface area contributed by atoms with Crippen LogP contribution >= 0.6 is 0 Å². The smallest absolute Gasteiger partial charge is 0.253 e. The lowest BCUT2D eigenvalue weighted by molar-refractivity contribution is 0.0881. The van der Waals surface area contributed by atoms with Crippen molar-refractivity contribution < 1.29 is 4.79 Å². The fourth-order valence-corrected chi connectivity index (χ4v) is 4.20. The summed E-state index contributed by atoms with van der Waals surface area (Å²) in [5, 5.41) is 3.19. The Kier molecular flexibility index (Phi) is 4.37. The monoisotopic (exact) mass is 341 g/mol. The van der Waals surface area contributed by atoms with Crippen LogP contribution in [-0.2, 0) is 7.05 Å². The summed E-state index contributed by atoms with van der Waals surface area (Å²) < 4.78 is 2.10. The topological polar surface area (TPSA) is 66.0 Å². The first-order chi connectivity index (χ1) is 12.1. The molecule has 0 radical (unpaired) electrons. The van der Waals surface area contributed by atoms with Crippen LogP contribution in [-0.4, -0.2) is 45.5 Å². The molecule has 2 aromatic heterocycles. The molecule has 6 heteroatoms. The van der Waals surface area contributed by atoms with E-state index in [4.69, 9.17) is 0 Å². The molecule has 0 aromatic carbocycles. The summed E-state index contributed by atoms with van der Waals surface area (Å²) in [7, 11) is 4.21. The third kappa shape index (κ3) is 3.23. The standard InChI is InChI=1S/C19H27N5O/c1-23-9-3-4-14(18(23)16-11-20-12-24(16)2)10-22-19(25)15-7-8-21-17(15)13-5-6-13/h7-8,11-14,18,21H,3-6,9-10H2,1-2H3,(H,22,25)/t14-,18+/m0/s1. The maximum Gasteiger partial charge on any atom is 0.253 e. The molecule has 1 saturated heterocycles. The van der Waals surface area contributed by atoms with Gasteiger partial charge in [0.1, 0.15) is 0 Å². The Bertz CT molecular complexity index is 745. The Morgan fingerprint density at radius 3 is 2.92 bits per heavy atom. The minimum absolute atomic E-state index is 0.0557. The van der Waals surface area contributed by atoms with Gasteiger partial charge in [-0.3, -0.25) is 9.69 Å².